The van der Waals surface area contributed by atoms with Crippen molar-refractivity contribution in [1.82, 2.24) is 5.06 Å². The molecule has 1 aliphatic heterocycles. The number of nitrogens with zero attached hydrogens (tertiary/aromatic N) is 1. The molecule has 0 amide bonds. The Morgan fingerprint density at radius 1 is 1.21 bits per heavy atom. The quantitative estimate of drug-likeness (QED) is 0.811. The van der Waals surface area contributed by atoms with Crippen LogP contribution in [0.25, 0.3) is 5.70 Å². The van der Waals surface area contributed by atoms with Gasteiger partial charge in [0.1, 0.15) is 5.83 Å². The van der Waals surface area contributed by atoms with Crippen molar-refractivity contribution in [3.63, 3.8) is 0 Å². The number of benzene rings is 1. The molecule has 0 N–H and O–H groups in total. The molecule has 0 atom stereocenters. The van der Waals surface area contributed by atoms with Crippen molar-refractivity contribution in [2.24, 2.45) is 0 Å². The van der Waals surface area contributed by atoms with E-state index in [0.717, 1.165) is 5.06 Å². The molecule has 19 heavy (non-hydrogen) atoms. The molecule has 0 fully saturated rings. The summed E-state index contributed by atoms with van der Waals surface area (Å²) in [5.41, 5.74) is 1.24. The van der Waals surface area contributed by atoms with Crippen LogP contribution in [0.15, 0.2) is 60.1 Å². The first-order valence-corrected chi connectivity index (χ1v) is 5.58. The highest BCUT2D eigenvalue weighted by Crippen LogP contribution is 2.35. The van der Waals surface area contributed by atoms with Crippen molar-refractivity contribution < 1.29 is 18.0 Å². The Balaban J connectivity index is 2.51. The normalized spacial score (nSPS) is 16.2. The molecular weight excluding hydrogens is 255 g/mol. The lowest BCUT2D eigenvalue weighted by molar-refractivity contribution is -0.240. The predicted octanol–water partition coefficient (Wildman–Crippen LogP) is 4.25. The molecule has 0 spiro atoms. The summed E-state index contributed by atoms with van der Waals surface area (Å²) in [6.07, 6.45) is 1.25. The van der Waals surface area contributed by atoms with Gasteiger partial charge in [0.15, 0.2) is 0 Å². The van der Waals surface area contributed by atoms with Gasteiger partial charge in [-0.05, 0) is 18.6 Å². The van der Waals surface area contributed by atoms with Gasteiger partial charge in [-0.25, -0.2) is 9.45 Å². The fourth-order valence-corrected chi connectivity index (χ4v) is 1.87. The fraction of sp³-hybridized carbons (Fsp3) is 0.143. The van der Waals surface area contributed by atoms with Crippen LogP contribution in [0.5, 0.6) is 0 Å². The second kappa shape index (κ2) is 5.32. The van der Waals surface area contributed by atoms with Gasteiger partial charge >= 0.3 is 6.61 Å². The molecule has 1 aliphatic rings. The lowest BCUT2D eigenvalue weighted by atomic mass is 10.0. The Hall–Kier alpha value is -2.01. The number of hydrogen-bond donors (Lipinski definition) is 0. The van der Waals surface area contributed by atoms with Crippen LogP contribution in [0.1, 0.15) is 12.5 Å². The van der Waals surface area contributed by atoms with Crippen LogP contribution in [0.4, 0.5) is 13.2 Å². The molecule has 0 aliphatic carbocycles. The van der Waals surface area contributed by atoms with Gasteiger partial charge < -0.3 is 0 Å². The first kappa shape index (κ1) is 13.4. The molecule has 0 saturated carbocycles. The van der Waals surface area contributed by atoms with Crippen LogP contribution < -0.4 is 0 Å². The third kappa shape index (κ3) is 2.71. The van der Waals surface area contributed by atoms with Crippen LogP contribution in [-0.4, -0.2) is 11.7 Å². The molecule has 100 valence electrons. The van der Waals surface area contributed by atoms with E-state index < -0.39 is 12.4 Å². The Morgan fingerprint density at radius 3 is 2.42 bits per heavy atom. The third-order valence-corrected chi connectivity index (χ3v) is 2.67. The average Bonchev–Trinajstić information content (AvgIpc) is 2.36. The minimum absolute atomic E-state index is 0.246. The van der Waals surface area contributed by atoms with Crippen molar-refractivity contribution in [3.05, 3.63) is 65.6 Å². The van der Waals surface area contributed by atoms with Crippen LogP contribution in [-0.2, 0) is 4.84 Å². The average molecular weight is 267 g/mol. The van der Waals surface area contributed by atoms with Gasteiger partial charge in [0.2, 0.25) is 0 Å². The zero-order valence-corrected chi connectivity index (χ0v) is 10.2. The molecule has 5 heteroatoms. The highest BCUT2D eigenvalue weighted by atomic mass is 19.3. The van der Waals surface area contributed by atoms with Crippen LogP contribution in [0.3, 0.4) is 0 Å². The maximum atomic E-state index is 13.6. The molecule has 0 saturated heterocycles. The van der Waals surface area contributed by atoms with Crippen LogP contribution in [0, 0.1) is 0 Å². The summed E-state index contributed by atoms with van der Waals surface area (Å²) in [5.74, 6) is -0.696. The number of hydrogen-bond acceptors (Lipinski definition) is 2. The minimum atomic E-state index is -3.06. The minimum Gasteiger partial charge on any atom is -0.213 e. The van der Waals surface area contributed by atoms with Gasteiger partial charge in [-0.1, -0.05) is 36.9 Å². The number of alkyl halides is 2. The summed E-state index contributed by atoms with van der Waals surface area (Å²) < 4.78 is 38.5. The van der Waals surface area contributed by atoms with Crippen molar-refractivity contribution in [1.29, 1.82) is 0 Å². The fourth-order valence-electron chi connectivity index (χ4n) is 1.87. The maximum absolute atomic E-state index is 13.6. The molecule has 1 aromatic rings. The molecule has 1 heterocycles. The predicted molar refractivity (Wildman–Crippen MR) is 66.3 cm³/mol. The Bertz CT molecular complexity index is 549. The highest BCUT2D eigenvalue weighted by molar-refractivity contribution is 5.72. The van der Waals surface area contributed by atoms with E-state index in [-0.39, 0.29) is 5.70 Å². The van der Waals surface area contributed by atoms with Crippen molar-refractivity contribution in [3.8, 4) is 0 Å². The largest absolute Gasteiger partial charge is 0.365 e. The van der Waals surface area contributed by atoms with Gasteiger partial charge in [0.25, 0.3) is 0 Å². The van der Waals surface area contributed by atoms with E-state index in [9.17, 15) is 13.2 Å². The monoisotopic (exact) mass is 267 g/mol. The highest BCUT2D eigenvalue weighted by Gasteiger charge is 2.27. The number of rotatable bonds is 3. The standard InChI is InChI=1S/C14H12F3NO/c1-9-8-12(15)10(2)18(19-14(16)17)13(9)11-6-4-3-5-7-11/h3-8,14H,2H2,1H3. The molecular formula is C14H12F3NO. The molecule has 0 unspecified atom stereocenters. The van der Waals surface area contributed by atoms with Crippen molar-refractivity contribution in [2.45, 2.75) is 13.5 Å². The first-order chi connectivity index (χ1) is 9.00. The van der Waals surface area contributed by atoms with Crippen LogP contribution in [0.2, 0.25) is 0 Å². The molecule has 1 aromatic carbocycles. The second-order valence-electron chi connectivity index (χ2n) is 4.00. The third-order valence-electron chi connectivity index (χ3n) is 2.67. The topological polar surface area (TPSA) is 12.5 Å². The summed E-state index contributed by atoms with van der Waals surface area (Å²) in [6.45, 7) is 1.99. The summed E-state index contributed by atoms with van der Waals surface area (Å²) in [5, 5.41) is 0.741. The number of allylic oxidation sites excluding steroid dienone is 3. The van der Waals surface area contributed by atoms with Crippen molar-refractivity contribution in [2.75, 3.05) is 0 Å². The molecule has 2 nitrogen and oxygen atoms in total. The SMILES string of the molecule is C=C1C(F)=CC(C)=C(c2ccccc2)N1OC(F)F. The molecule has 0 aromatic heterocycles. The van der Waals surface area contributed by atoms with E-state index in [0.29, 0.717) is 16.8 Å². The first-order valence-electron chi connectivity index (χ1n) is 5.58. The molecule has 0 bridgehead atoms. The van der Waals surface area contributed by atoms with E-state index in [2.05, 4.69) is 11.4 Å². The second-order valence-corrected chi connectivity index (χ2v) is 4.00. The van der Waals surface area contributed by atoms with E-state index in [1.54, 1.807) is 37.3 Å². The maximum Gasteiger partial charge on any atom is 0.365 e. The van der Waals surface area contributed by atoms with Crippen molar-refractivity contribution >= 4 is 5.70 Å². The molecule has 0 radical (unpaired) electrons. The van der Waals surface area contributed by atoms with Gasteiger partial charge in [-0.15, -0.1) is 0 Å². The number of hydroxylamine groups is 2. The van der Waals surface area contributed by atoms with E-state index in [4.69, 9.17) is 0 Å². The summed E-state index contributed by atoms with van der Waals surface area (Å²) in [6, 6.07) is 8.77. The van der Waals surface area contributed by atoms with Gasteiger partial charge in [0, 0.05) is 5.56 Å². The van der Waals surface area contributed by atoms with Gasteiger partial charge in [-0.2, -0.15) is 13.6 Å². The summed E-state index contributed by atoms with van der Waals surface area (Å²) in [4.78, 5) is 4.37. The summed E-state index contributed by atoms with van der Waals surface area (Å²) >= 11 is 0. The van der Waals surface area contributed by atoms with E-state index >= 15 is 0 Å². The Morgan fingerprint density at radius 2 is 1.84 bits per heavy atom. The molecule has 2 rings (SSSR count). The lowest BCUT2D eigenvalue weighted by Crippen LogP contribution is -2.27. The Labute approximate surface area is 109 Å². The van der Waals surface area contributed by atoms with Gasteiger partial charge in [0.05, 0.1) is 11.4 Å². The zero-order chi connectivity index (χ0) is 14.0. The zero-order valence-electron chi connectivity index (χ0n) is 10.2. The Kier molecular flexibility index (Phi) is 3.76. The number of halogens is 3. The van der Waals surface area contributed by atoms with E-state index in [1.807, 2.05) is 0 Å². The van der Waals surface area contributed by atoms with Crippen LogP contribution >= 0.6 is 0 Å². The summed E-state index contributed by atoms with van der Waals surface area (Å²) in [7, 11) is 0. The smallest absolute Gasteiger partial charge is 0.213 e. The van der Waals surface area contributed by atoms with Gasteiger partial charge in [-0.3, -0.25) is 0 Å². The van der Waals surface area contributed by atoms with E-state index in [1.165, 1.54) is 6.08 Å². The lowest BCUT2D eigenvalue weighted by Gasteiger charge is -2.30.